The molecule has 1 saturated heterocycles. The Balaban J connectivity index is 1.54. The number of halogens is 2. The van der Waals surface area contributed by atoms with Crippen LogP contribution in [0.4, 0.5) is 5.69 Å². The molecule has 0 saturated carbocycles. The maximum atomic E-state index is 12.4. The predicted octanol–water partition coefficient (Wildman–Crippen LogP) is 3.90. The Labute approximate surface area is 182 Å². The van der Waals surface area contributed by atoms with E-state index in [1.165, 1.54) is 5.56 Å². The van der Waals surface area contributed by atoms with Crippen LogP contribution in [-0.4, -0.2) is 42.2 Å². The van der Waals surface area contributed by atoms with Gasteiger partial charge in [-0.15, -0.1) is 0 Å². The van der Waals surface area contributed by atoms with Crippen LogP contribution in [-0.2, 0) is 11.3 Å². The zero-order valence-corrected chi connectivity index (χ0v) is 18.2. The largest absolute Gasteiger partial charge is 0.379 e. The van der Waals surface area contributed by atoms with Crippen molar-refractivity contribution >= 4 is 63.1 Å². The molecule has 0 unspecified atom stereocenters. The Hall–Kier alpha value is -1.26. The van der Waals surface area contributed by atoms with Crippen LogP contribution in [0.25, 0.3) is 0 Å². The van der Waals surface area contributed by atoms with E-state index in [1.54, 1.807) is 12.1 Å². The molecule has 8 heteroatoms. The Kier molecular flexibility index (Phi) is 7.42. The Morgan fingerprint density at radius 2 is 1.89 bits per heavy atom. The fraction of sp³-hybridized carbons (Fsp3) is 0.263. The molecule has 1 aliphatic heterocycles. The van der Waals surface area contributed by atoms with Crippen molar-refractivity contribution in [3.8, 4) is 0 Å². The summed E-state index contributed by atoms with van der Waals surface area (Å²) in [6.07, 6.45) is 0. The lowest BCUT2D eigenvalue weighted by Crippen LogP contribution is -2.35. The molecule has 2 aromatic rings. The van der Waals surface area contributed by atoms with Crippen molar-refractivity contribution in [2.45, 2.75) is 6.54 Å². The summed E-state index contributed by atoms with van der Waals surface area (Å²) in [4.78, 5) is 14.7. The van der Waals surface area contributed by atoms with Crippen molar-refractivity contribution in [1.82, 2.24) is 10.2 Å². The lowest BCUT2D eigenvalue weighted by molar-refractivity contribution is 0.0342. The Morgan fingerprint density at radius 3 is 2.59 bits per heavy atom. The minimum atomic E-state index is -0.333. The van der Waals surface area contributed by atoms with Crippen molar-refractivity contribution in [1.29, 1.82) is 0 Å². The number of hydrogen-bond acceptors (Lipinski definition) is 4. The third kappa shape index (κ3) is 6.11. The van der Waals surface area contributed by atoms with Crippen LogP contribution >= 0.6 is 46.4 Å². The third-order valence-corrected chi connectivity index (χ3v) is 5.33. The van der Waals surface area contributed by atoms with E-state index in [0.29, 0.717) is 10.6 Å². The molecule has 27 heavy (non-hydrogen) atoms. The van der Waals surface area contributed by atoms with Gasteiger partial charge in [-0.2, -0.15) is 0 Å². The number of anilines is 1. The molecule has 0 bridgehead atoms. The first-order chi connectivity index (χ1) is 13.0. The molecule has 2 aromatic carbocycles. The second-order valence-electron chi connectivity index (χ2n) is 6.12. The number of benzene rings is 2. The minimum Gasteiger partial charge on any atom is -0.379 e. The van der Waals surface area contributed by atoms with Gasteiger partial charge in [0, 0.05) is 28.9 Å². The topological polar surface area (TPSA) is 53.6 Å². The van der Waals surface area contributed by atoms with Crippen LogP contribution in [0.5, 0.6) is 0 Å². The molecule has 5 nitrogen and oxygen atoms in total. The average molecular weight is 516 g/mol. The predicted molar refractivity (Wildman–Crippen MR) is 120 cm³/mol. The lowest BCUT2D eigenvalue weighted by Gasteiger charge is -2.26. The molecule has 0 aromatic heterocycles. The molecule has 0 spiro atoms. The molecule has 1 fully saturated rings. The summed E-state index contributed by atoms with van der Waals surface area (Å²) >= 11 is 13.5. The van der Waals surface area contributed by atoms with Gasteiger partial charge in [0.2, 0.25) is 0 Å². The summed E-state index contributed by atoms with van der Waals surface area (Å²) < 4.78 is 6.30. The summed E-state index contributed by atoms with van der Waals surface area (Å²) in [6, 6.07) is 13.3. The maximum absolute atomic E-state index is 12.4. The molecule has 1 heterocycles. The van der Waals surface area contributed by atoms with E-state index >= 15 is 0 Å². The number of amides is 1. The number of hydrogen-bond donors (Lipinski definition) is 2. The number of carbonyl (C=O) groups excluding carboxylic acids is 1. The zero-order chi connectivity index (χ0) is 19.2. The molecule has 2 N–H and O–H groups in total. The van der Waals surface area contributed by atoms with Gasteiger partial charge in [0.05, 0.1) is 23.8 Å². The fourth-order valence-corrected chi connectivity index (χ4v) is 3.62. The van der Waals surface area contributed by atoms with Gasteiger partial charge in [0.15, 0.2) is 5.11 Å². The van der Waals surface area contributed by atoms with Crippen LogP contribution in [0.1, 0.15) is 15.9 Å². The molecule has 0 aliphatic carbocycles. The van der Waals surface area contributed by atoms with Gasteiger partial charge in [-0.25, -0.2) is 0 Å². The molecular formula is C19H19ClIN3O2S. The van der Waals surface area contributed by atoms with Crippen molar-refractivity contribution in [2.75, 3.05) is 31.6 Å². The zero-order valence-electron chi connectivity index (χ0n) is 14.5. The normalized spacial score (nSPS) is 14.6. The van der Waals surface area contributed by atoms with Crippen LogP contribution in [0.15, 0.2) is 42.5 Å². The van der Waals surface area contributed by atoms with Crippen LogP contribution in [0.3, 0.4) is 0 Å². The quantitative estimate of drug-likeness (QED) is 0.478. The van der Waals surface area contributed by atoms with Crippen LogP contribution < -0.4 is 10.6 Å². The van der Waals surface area contributed by atoms with Crippen LogP contribution in [0, 0.1) is 3.57 Å². The Bertz CT molecular complexity index is 826. The fourth-order valence-electron chi connectivity index (χ4n) is 2.72. The molecule has 0 radical (unpaired) electrons. The number of ether oxygens (including phenoxy) is 1. The van der Waals surface area contributed by atoms with E-state index in [2.05, 4.69) is 50.3 Å². The SMILES string of the molecule is O=C(NC(=S)Nc1ccc(CN2CCOCC2)cc1)c1cc(I)ccc1Cl. The lowest BCUT2D eigenvalue weighted by atomic mass is 10.2. The molecule has 1 amide bonds. The standard InChI is InChI=1S/C19H19ClIN3O2S/c20-17-6-3-14(21)11-16(17)18(25)23-19(27)22-15-4-1-13(2-5-15)12-24-7-9-26-10-8-24/h1-6,11H,7-10,12H2,(H2,22,23,25,27). The highest BCUT2D eigenvalue weighted by Gasteiger charge is 2.13. The van der Waals surface area contributed by atoms with Gasteiger partial charge in [-0.1, -0.05) is 23.7 Å². The van der Waals surface area contributed by atoms with E-state index in [1.807, 2.05) is 18.2 Å². The maximum Gasteiger partial charge on any atom is 0.258 e. The first kappa shape index (κ1) is 20.5. The summed E-state index contributed by atoms with van der Waals surface area (Å²) in [6.45, 7) is 4.39. The van der Waals surface area contributed by atoms with E-state index in [4.69, 9.17) is 28.6 Å². The molecule has 1 aliphatic rings. The Morgan fingerprint density at radius 1 is 1.19 bits per heavy atom. The molecule has 142 valence electrons. The average Bonchev–Trinajstić information content (AvgIpc) is 2.66. The summed E-state index contributed by atoms with van der Waals surface area (Å²) in [7, 11) is 0. The highest BCUT2D eigenvalue weighted by molar-refractivity contribution is 14.1. The van der Waals surface area contributed by atoms with Gasteiger partial charge in [0.25, 0.3) is 5.91 Å². The number of nitrogens with zero attached hydrogens (tertiary/aromatic N) is 1. The summed E-state index contributed by atoms with van der Waals surface area (Å²) in [5, 5.41) is 6.32. The van der Waals surface area contributed by atoms with Gasteiger partial charge in [-0.3, -0.25) is 15.0 Å². The van der Waals surface area contributed by atoms with Crippen molar-refractivity contribution < 1.29 is 9.53 Å². The molecular weight excluding hydrogens is 497 g/mol. The smallest absolute Gasteiger partial charge is 0.258 e. The van der Waals surface area contributed by atoms with E-state index in [9.17, 15) is 4.79 Å². The minimum absolute atomic E-state index is 0.232. The van der Waals surface area contributed by atoms with Gasteiger partial charge in [-0.05, 0) is 70.7 Å². The summed E-state index contributed by atoms with van der Waals surface area (Å²) in [5.74, 6) is -0.333. The number of carbonyl (C=O) groups is 1. The number of nitrogens with one attached hydrogen (secondary N) is 2. The highest BCUT2D eigenvalue weighted by Crippen LogP contribution is 2.19. The van der Waals surface area contributed by atoms with Gasteiger partial charge in [0.1, 0.15) is 0 Å². The van der Waals surface area contributed by atoms with Crippen molar-refractivity contribution in [3.63, 3.8) is 0 Å². The summed E-state index contributed by atoms with van der Waals surface area (Å²) in [5.41, 5.74) is 2.44. The number of thiocarbonyl (C=S) groups is 1. The molecule has 0 atom stereocenters. The number of rotatable bonds is 4. The monoisotopic (exact) mass is 515 g/mol. The van der Waals surface area contributed by atoms with E-state index in [-0.39, 0.29) is 11.0 Å². The van der Waals surface area contributed by atoms with E-state index < -0.39 is 0 Å². The third-order valence-electron chi connectivity index (χ3n) is 4.12. The van der Waals surface area contributed by atoms with Crippen LogP contribution in [0.2, 0.25) is 5.02 Å². The number of morpholine rings is 1. The first-order valence-corrected chi connectivity index (χ1v) is 10.3. The second-order valence-corrected chi connectivity index (χ2v) is 8.18. The second kappa shape index (κ2) is 9.79. The molecule has 3 rings (SSSR count). The van der Waals surface area contributed by atoms with Gasteiger partial charge >= 0.3 is 0 Å². The van der Waals surface area contributed by atoms with E-state index in [0.717, 1.165) is 42.1 Å². The highest BCUT2D eigenvalue weighted by atomic mass is 127. The van der Waals surface area contributed by atoms with Crippen molar-refractivity contribution in [2.24, 2.45) is 0 Å². The first-order valence-electron chi connectivity index (χ1n) is 8.48. The van der Waals surface area contributed by atoms with Crippen molar-refractivity contribution in [3.05, 3.63) is 62.2 Å². The van der Waals surface area contributed by atoms with Gasteiger partial charge < -0.3 is 10.1 Å².